The van der Waals surface area contributed by atoms with Gasteiger partial charge in [0, 0.05) is 17.1 Å². The fraction of sp³-hybridized carbons (Fsp3) is 0.250. The third-order valence-corrected chi connectivity index (χ3v) is 4.13. The molecule has 8 heteroatoms. The number of methoxy groups -OCH3 is 1. The molecule has 0 saturated heterocycles. The molecule has 7 nitrogen and oxygen atoms in total. The van der Waals surface area contributed by atoms with Gasteiger partial charge in [0.2, 0.25) is 0 Å². The summed E-state index contributed by atoms with van der Waals surface area (Å²) in [7, 11) is 1.42. The summed E-state index contributed by atoms with van der Waals surface area (Å²) in [6.45, 7) is 1.17. The Bertz CT molecular complexity index is 809. The van der Waals surface area contributed by atoms with E-state index < -0.39 is 24.3 Å². The number of carbonyl (C=O) groups excluding carboxylic acids is 2. The first kappa shape index (κ1) is 17.4. The lowest BCUT2D eigenvalue weighted by atomic mass is 10.1. The van der Waals surface area contributed by atoms with Crippen LogP contribution < -0.4 is 4.74 Å². The molecule has 124 valence electrons. The second kappa shape index (κ2) is 7.57. The summed E-state index contributed by atoms with van der Waals surface area (Å²) in [6, 6.07) is 5.93. The number of ether oxygens (including phenoxy) is 2. The number of aromatic hydroxyl groups is 1. The molecule has 1 atom stereocenters. The molecule has 0 unspecified atom stereocenters. The van der Waals surface area contributed by atoms with E-state index in [1.807, 2.05) is 6.07 Å². The molecule has 0 spiro atoms. The quantitative estimate of drug-likeness (QED) is 0.798. The number of benzene rings is 1. The number of hydrogen-bond donors (Lipinski definition) is 1. The van der Waals surface area contributed by atoms with Gasteiger partial charge in [0.15, 0.2) is 18.3 Å². The van der Waals surface area contributed by atoms with Crippen molar-refractivity contribution in [2.24, 2.45) is 0 Å². The van der Waals surface area contributed by atoms with Crippen LogP contribution in [0, 0.1) is 18.3 Å². The summed E-state index contributed by atoms with van der Waals surface area (Å²) < 4.78 is 9.81. The molecule has 0 aliphatic rings. The Morgan fingerprint density at radius 3 is 2.75 bits per heavy atom. The predicted molar refractivity (Wildman–Crippen MR) is 85.2 cm³/mol. The molecular formula is C16H14N2O5S. The molecule has 0 amide bonds. The third kappa shape index (κ3) is 3.88. The lowest BCUT2D eigenvalue weighted by molar-refractivity contribution is -0.122. The molecule has 2 rings (SSSR count). The van der Waals surface area contributed by atoms with E-state index in [9.17, 15) is 14.7 Å². The third-order valence-electron chi connectivity index (χ3n) is 3.11. The van der Waals surface area contributed by atoms with Crippen LogP contribution in [0.25, 0.3) is 0 Å². The van der Waals surface area contributed by atoms with Crippen LogP contribution in [0.5, 0.6) is 11.5 Å². The predicted octanol–water partition coefficient (Wildman–Crippen LogP) is 2.20. The van der Waals surface area contributed by atoms with E-state index in [2.05, 4.69) is 4.98 Å². The van der Waals surface area contributed by atoms with Crippen LogP contribution in [0.3, 0.4) is 0 Å². The average molecular weight is 346 g/mol. The smallest absolute Gasteiger partial charge is 0.342 e. The van der Waals surface area contributed by atoms with E-state index in [4.69, 9.17) is 14.7 Å². The summed E-state index contributed by atoms with van der Waals surface area (Å²) in [5, 5.41) is 21.0. The molecular weight excluding hydrogens is 332 g/mol. The van der Waals surface area contributed by atoms with Crippen molar-refractivity contribution in [3.63, 3.8) is 0 Å². The van der Waals surface area contributed by atoms with Gasteiger partial charge >= 0.3 is 5.97 Å². The molecule has 1 N–H and O–H groups in total. The van der Waals surface area contributed by atoms with Crippen LogP contribution in [-0.4, -0.2) is 35.6 Å². The molecule has 0 bridgehead atoms. The summed E-state index contributed by atoms with van der Waals surface area (Å²) >= 11 is 1.20. The minimum atomic E-state index is -1.08. The van der Waals surface area contributed by atoms with E-state index in [0.717, 1.165) is 0 Å². The Morgan fingerprint density at radius 1 is 1.46 bits per heavy atom. The summed E-state index contributed by atoms with van der Waals surface area (Å²) in [5.74, 6) is -2.47. The Kier molecular flexibility index (Phi) is 5.50. The van der Waals surface area contributed by atoms with Crippen molar-refractivity contribution in [1.29, 1.82) is 5.26 Å². The van der Waals surface area contributed by atoms with Crippen LogP contribution >= 0.6 is 11.3 Å². The highest BCUT2D eigenvalue weighted by molar-refractivity contribution is 7.09. The van der Waals surface area contributed by atoms with E-state index in [1.54, 1.807) is 12.3 Å². The fourth-order valence-corrected chi connectivity index (χ4v) is 2.74. The van der Waals surface area contributed by atoms with Gasteiger partial charge in [0.25, 0.3) is 0 Å². The van der Waals surface area contributed by atoms with Gasteiger partial charge in [-0.2, -0.15) is 5.26 Å². The number of aromatic nitrogens is 1. The largest absolute Gasteiger partial charge is 0.507 e. The van der Waals surface area contributed by atoms with E-state index in [1.165, 1.54) is 36.6 Å². The highest BCUT2D eigenvalue weighted by Gasteiger charge is 2.25. The second-order valence-corrected chi connectivity index (χ2v) is 5.70. The zero-order valence-corrected chi connectivity index (χ0v) is 13.8. The number of thiazole rings is 1. The van der Waals surface area contributed by atoms with Gasteiger partial charge in [-0.05, 0) is 19.1 Å². The van der Waals surface area contributed by atoms with Crippen molar-refractivity contribution >= 4 is 23.1 Å². The van der Waals surface area contributed by atoms with Crippen LogP contribution in [0.1, 0.15) is 27.0 Å². The normalized spacial score (nSPS) is 11.4. The SMILES string of the molecule is COc1ccc(C(=O)OCC(=O)[C@H](C#N)c2nc(C)cs2)c(O)c1. The number of ketones is 1. The Hall–Kier alpha value is -2.92. The zero-order valence-electron chi connectivity index (χ0n) is 13.0. The van der Waals surface area contributed by atoms with Crippen LogP contribution in [0.2, 0.25) is 0 Å². The molecule has 0 saturated carbocycles. The van der Waals surface area contributed by atoms with Gasteiger partial charge in [-0.25, -0.2) is 9.78 Å². The average Bonchev–Trinajstić information content (AvgIpc) is 2.99. The standard InChI is InChI=1S/C16H14N2O5S/c1-9-8-24-15(18-9)12(6-17)14(20)7-23-16(21)11-4-3-10(22-2)5-13(11)19/h3-5,8,12,19H,7H2,1-2H3/t12-/m0/s1. The Morgan fingerprint density at radius 2 is 2.21 bits per heavy atom. The Labute approximate surface area is 142 Å². The lowest BCUT2D eigenvalue weighted by Gasteiger charge is -2.08. The van der Waals surface area contributed by atoms with E-state index in [-0.39, 0.29) is 11.3 Å². The molecule has 2 aromatic rings. The van der Waals surface area contributed by atoms with Crippen molar-refractivity contribution in [3.8, 4) is 17.6 Å². The van der Waals surface area contributed by atoms with Crippen LogP contribution in [-0.2, 0) is 9.53 Å². The van der Waals surface area contributed by atoms with Gasteiger partial charge in [-0.3, -0.25) is 4.79 Å². The van der Waals surface area contributed by atoms with Crippen LogP contribution in [0.4, 0.5) is 0 Å². The van der Waals surface area contributed by atoms with Gasteiger partial charge in [-0.1, -0.05) is 0 Å². The zero-order chi connectivity index (χ0) is 17.7. The number of hydrogen-bond acceptors (Lipinski definition) is 8. The highest BCUT2D eigenvalue weighted by Crippen LogP contribution is 2.24. The van der Waals surface area contributed by atoms with E-state index >= 15 is 0 Å². The molecule has 1 heterocycles. The number of carbonyl (C=O) groups is 2. The van der Waals surface area contributed by atoms with E-state index in [0.29, 0.717) is 16.5 Å². The topological polar surface area (TPSA) is 110 Å². The summed E-state index contributed by atoms with van der Waals surface area (Å²) in [6.07, 6.45) is 0. The molecule has 24 heavy (non-hydrogen) atoms. The number of nitriles is 1. The lowest BCUT2D eigenvalue weighted by Crippen LogP contribution is -2.20. The number of phenolic OH excluding ortho intramolecular Hbond substituents is 1. The van der Waals surface area contributed by atoms with Gasteiger partial charge in [-0.15, -0.1) is 11.3 Å². The molecule has 0 aliphatic heterocycles. The highest BCUT2D eigenvalue weighted by atomic mass is 32.1. The van der Waals surface area contributed by atoms with Gasteiger partial charge in [0.05, 0.1) is 13.2 Å². The maximum atomic E-state index is 12.1. The maximum Gasteiger partial charge on any atom is 0.342 e. The molecule has 0 fully saturated rings. The fourth-order valence-electron chi connectivity index (χ4n) is 1.88. The van der Waals surface area contributed by atoms with Crippen LogP contribution in [0.15, 0.2) is 23.6 Å². The van der Waals surface area contributed by atoms with Crippen molar-refractivity contribution < 1.29 is 24.2 Å². The monoisotopic (exact) mass is 346 g/mol. The maximum absolute atomic E-state index is 12.1. The number of nitrogens with zero attached hydrogens (tertiary/aromatic N) is 2. The Balaban J connectivity index is 2.03. The second-order valence-electron chi connectivity index (χ2n) is 4.81. The number of aryl methyl sites for hydroxylation is 1. The first-order valence-corrected chi connectivity index (χ1v) is 7.72. The molecule has 0 aliphatic carbocycles. The van der Waals surface area contributed by atoms with Gasteiger partial charge in [0.1, 0.15) is 22.1 Å². The van der Waals surface area contributed by atoms with Crippen molar-refractivity contribution in [2.45, 2.75) is 12.8 Å². The minimum absolute atomic E-state index is 0.0952. The molecule has 1 aromatic carbocycles. The van der Waals surface area contributed by atoms with Crippen molar-refractivity contribution in [3.05, 3.63) is 39.8 Å². The van der Waals surface area contributed by atoms with Crippen molar-refractivity contribution in [2.75, 3.05) is 13.7 Å². The first-order valence-electron chi connectivity index (χ1n) is 6.84. The minimum Gasteiger partial charge on any atom is -0.507 e. The molecule has 1 aromatic heterocycles. The van der Waals surface area contributed by atoms with Crippen molar-refractivity contribution in [1.82, 2.24) is 4.98 Å². The molecule has 0 radical (unpaired) electrons. The number of Topliss-reactive ketones (excluding diaryl/α,β-unsaturated/α-hetero) is 1. The number of phenols is 1. The first-order chi connectivity index (χ1) is 11.5. The number of esters is 1. The van der Waals surface area contributed by atoms with Gasteiger partial charge < -0.3 is 14.6 Å². The summed E-state index contributed by atoms with van der Waals surface area (Å²) in [5.41, 5.74) is 0.616. The number of rotatable bonds is 6. The summed E-state index contributed by atoms with van der Waals surface area (Å²) in [4.78, 5) is 28.1.